The molecule has 0 saturated carbocycles. The standard InChI is InChI=1S/C18H19BrClNO2/c1-12(14-5-3-4-6-16(14)20)21-18(22)10-8-13-7-9-17(23-2)15(19)11-13/h3-7,9,11-12H,8,10H2,1-2H3,(H,21,22). The number of methoxy groups -OCH3 is 1. The SMILES string of the molecule is COc1ccc(CCC(=O)NC(C)c2ccccc2Cl)cc1Br. The van der Waals surface area contributed by atoms with E-state index in [0.717, 1.165) is 21.3 Å². The second-order valence-electron chi connectivity index (χ2n) is 5.28. The summed E-state index contributed by atoms with van der Waals surface area (Å²) in [5.74, 6) is 0.787. The molecule has 2 rings (SSSR count). The Morgan fingerprint density at radius 1 is 1.30 bits per heavy atom. The van der Waals surface area contributed by atoms with Crippen LogP contribution in [0.25, 0.3) is 0 Å². The predicted molar refractivity (Wildman–Crippen MR) is 97.0 cm³/mol. The van der Waals surface area contributed by atoms with Crippen LogP contribution in [0.3, 0.4) is 0 Å². The highest BCUT2D eigenvalue weighted by molar-refractivity contribution is 9.10. The van der Waals surface area contributed by atoms with Gasteiger partial charge in [0, 0.05) is 11.4 Å². The molecule has 1 atom stereocenters. The number of benzene rings is 2. The predicted octanol–water partition coefficient (Wildman–Crippen LogP) is 4.92. The van der Waals surface area contributed by atoms with E-state index >= 15 is 0 Å². The van der Waals surface area contributed by atoms with Gasteiger partial charge in [0.25, 0.3) is 0 Å². The van der Waals surface area contributed by atoms with E-state index in [1.54, 1.807) is 7.11 Å². The molecule has 1 amide bonds. The first-order valence-electron chi connectivity index (χ1n) is 7.37. The fourth-order valence-corrected chi connectivity index (χ4v) is 3.23. The Hall–Kier alpha value is -1.52. The monoisotopic (exact) mass is 395 g/mol. The Morgan fingerprint density at radius 2 is 2.04 bits per heavy atom. The fourth-order valence-electron chi connectivity index (χ4n) is 2.34. The normalized spacial score (nSPS) is 11.8. The van der Waals surface area contributed by atoms with Crippen LogP contribution in [0.5, 0.6) is 5.75 Å². The Balaban J connectivity index is 1.90. The van der Waals surface area contributed by atoms with Crippen molar-refractivity contribution >= 4 is 33.4 Å². The summed E-state index contributed by atoms with van der Waals surface area (Å²) < 4.78 is 6.09. The Labute approximate surface area is 150 Å². The molecule has 5 heteroatoms. The number of rotatable bonds is 6. The molecule has 23 heavy (non-hydrogen) atoms. The van der Waals surface area contributed by atoms with Crippen LogP contribution in [0, 0.1) is 0 Å². The molecule has 0 heterocycles. The second kappa shape index (κ2) is 8.37. The van der Waals surface area contributed by atoms with Crippen molar-refractivity contribution in [2.75, 3.05) is 7.11 Å². The van der Waals surface area contributed by atoms with Crippen LogP contribution in [-0.4, -0.2) is 13.0 Å². The first-order valence-corrected chi connectivity index (χ1v) is 8.54. The molecule has 0 aliphatic carbocycles. The lowest BCUT2D eigenvalue weighted by Gasteiger charge is -2.15. The average molecular weight is 397 g/mol. The van der Waals surface area contributed by atoms with E-state index in [0.29, 0.717) is 17.9 Å². The van der Waals surface area contributed by atoms with E-state index in [1.165, 1.54) is 0 Å². The summed E-state index contributed by atoms with van der Waals surface area (Å²) in [4.78, 5) is 12.1. The molecule has 0 aliphatic heterocycles. The highest BCUT2D eigenvalue weighted by Gasteiger charge is 2.12. The minimum atomic E-state index is -0.112. The second-order valence-corrected chi connectivity index (χ2v) is 6.54. The third kappa shape index (κ3) is 4.98. The van der Waals surface area contributed by atoms with Gasteiger partial charge in [-0.1, -0.05) is 35.9 Å². The van der Waals surface area contributed by atoms with Gasteiger partial charge in [-0.25, -0.2) is 0 Å². The van der Waals surface area contributed by atoms with Crippen LogP contribution < -0.4 is 10.1 Å². The fraction of sp³-hybridized carbons (Fsp3) is 0.278. The van der Waals surface area contributed by atoms with Crippen LogP contribution in [0.1, 0.15) is 30.5 Å². The zero-order chi connectivity index (χ0) is 16.8. The molecule has 0 fully saturated rings. The molecule has 0 aromatic heterocycles. The molecule has 1 unspecified atom stereocenters. The maximum atomic E-state index is 12.1. The van der Waals surface area contributed by atoms with Gasteiger partial charge in [0.1, 0.15) is 5.75 Å². The zero-order valence-corrected chi connectivity index (χ0v) is 15.4. The van der Waals surface area contributed by atoms with E-state index in [-0.39, 0.29) is 11.9 Å². The summed E-state index contributed by atoms with van der Waals surface area (Å²) in [6.07, 6.45) is 1.09. The first kappa shape index (κ1) is 17.8. The molecule has 0 spiro atoms. The quantitative estimate of drug-likeness (QED) is 0.752. The number of ether oxygens (including phenoxy) is 1. The van der Waals surface area contributed by atoms with Crippen molar-refractivity contribution in [2.45, 2.75) is 25.8 Å². The molecular weight excluding hydrogens is 378 g/mol. The van der Waals surface area contributed by atoms with Gasteiger partial charge in [0.05, 0.1) is 17.6 Å². The molecule has 1 N–H and O–H groups in total. The van der Waals surface area contributed by atoms with Gasteiger partial charge in [0.15, 0.2) is 0 Å². The summed E-state index contributed by atoms with van der Waals surface area (Å²) >= 11 is 9.61. The lowest BCUT2D eigenvalue weighted by molar-refractivity contribution is -0.121. The lowest BCUT2D eigenvalue weighted by Crippen LogP contribution is -2.27. The van der Waals surface area contributed by atoms with E-state index in [9.17, 15) is 4.79 Å². The number of nitrogens with one attached hydrogen (secondary N) is 1. The highest BCUT2D eigenvalue weighted by Crippen LogP contribution is 2.26. The van der Waals surface area contributed by atoms with Crippen LogP contribution in [0.2, 0.25) is 5.02 Å². The maximum Gasteiger partial charge on any atom is 0.220 e. The van der Waals surface area contributed by atoms with Crippen molar-refractivity contribution in [3.05, 3.63) is 63.1 Å². The third-order valence-electron chi connectivity index (χ3n) is 3.61. The molecular formula is C18H19BrClNO2. The Bertz CT molecular complexity index is 690. The smallest absolute Gasteiger partial charge is 0.220 e. The van der Waals surface area contributed by atoms with E-state index < -0.39 is 0 Å². The van der Waals surface area contributed by atoms with Gasteiger partial charge in [-0.2, -0.15) is 0 Å². The molecule has 2 aromatic carbocycles. The van der Waals surface area contributed by atoms with Crippen molar-refractivity contribution in [3.8, 4) is 5.75 Å². The largest absolute Gasteiger partial charge is 0.496 e. The minimum Gasteiger partial charge on any atom is -0.496 e. The van der Waals surface area contributed by atoms with Crippen LogP contribution >= 0.6 is 27.5 Å². The van der Waals surface area contributed by atoms with Gasteiger partial charge >= 0.3 is 0 Å². The Kier molecular flexibility index (Phi) is 6.48. The van der Waals surface area contributed by atoms with Crippen LogP contribution in [0.4, 0.5) is 0 Å². The molecule has 0 radical (unpaired) electrons. The van der Waals surface area contributed by atoms with Gasteiger partial charge in [-0.15, -0.1) is 0 Å². The highest BCUT2D eigenvalue weighted by atomic mass is 79.9. The maximum absolute atomic E-state index is 12.1. The molecule has 2 aromatic rings. The lowest BCUT2D eigenvalue weighted by atomic mass is 10.1. The van der Waals surface area contributed by atoms with Gasteiger partial charge in [-0.05, 0) is 58.6 Å². The molecule has 0 aliphatic rings. The van der Waals surface area contributed by atoms with Crippen LogP contribution in [-0.2, 0) is 11.2 Å². The summed E-state index contributed by atoms with van der Waals surface area (Å²) in [6.45, 7) is 1.93. The van der Waals surface area contributed by atoms with E-state index in [2.05, 4.69) is 21.2 Å². The number of halogens is 2. The molecule has 122 valence electrons. The minimum absolute atomic E-state index is 0.00404. The first-order chi connectivity index (χ1) is 11.0. The van der Waals surface area contributed by atoms with E-state index in [4.69, 9.17) is 16.3 Å². The number of hydrogen-bond donors (Lipinski definition) is 1. The topological polar surface area (TPSA) is 38.3 Å². The van der Waals surface area contributed by atoms with Crippen LogP contribution in [0.15, 0.2) is 46.9 Å². The molecule has 0 bridgehead atoms. The number of carbonyl (C=O) groups excluding carboxylic acids is 1. The number of amides is 1. The van der Waals surface area contributed by atoms with E-state index in [1.807, 2.05) is 49.4 Å². The average Bonchev–Trinajstić information content (AvgIpc) is 2.53. The number of aryl methyl sites for hydroxylation is 1. The van der Waals surface area contributed by atoms with Crippen molar-refractivity contribution in [3.63, 3.8) is 0 Å². The van der Waals surface area contributed by atoms with Gasteiger partial charge in [0.2, 0.25) is 5.91 Å². The summed E-state index contributed by atoms with van der Waals surface area (Å²) in [5.41, 5.74) is 2.01. The Morgan fingerprint density at radius 3 is 2.70 bits per heavy atom. The van der Waals surface area contributed by atoms with Crippen molar-refractivity contribution in [1.82, 2.24) is 5.32 Å². The van der Waals surface area contributed by atoms with Crippen molar-refractivity contribution in [2.24, 2.45) is 0 Å². The number of carbonyl (C=O) groups is 1. The molecule has 0 saturated heterocycles. The van der Waals surface area contributed by atoms with Gasteiger partial charge < -0.3 is 10.1 Å². The van der Waals surface area contributed by atoms with Gasteiger partial charge in [-0.3, -0.25) is 4.79 Å². The van der Waals surface area contributed by atoms with Crippen molar-refractivity contribution < 1.29 is 9.53 Å². The number of hydrogen-bond acceptors (Lipinski definition) is 2. The zero-order valence-electron chi connectivity index (χ0n) is 13.1. The third-order valence-corrected chi connectivity index (χ3v) is 4.57. The summed E-state index contributed by atoms with van der Waals surface area (Å²) in [7, 11) is 1.63. The molecule has 3 nitrogen and oxygen atoms in total. The summed E-state index contributed by atoms with van der Waals surface area (Å²) in [6, 6.07) is 13.3. The van der Waals surface area contributed by atoms with Crippen molar-refractivity contribution in [1.29, 1.82) is 0 Å². The summed E-state index contributed by atoms with van der Waals surface area (Å²) in [5, 5.41) is 3.65.